The molecular formula is C7H13N5O. The topological polar surface area (TPSA) is 86.7 Å². The highest BCUT2D eigenvalue weighted by atomic mass is 16.1. The second-order valence-electron chi connectivity index (χ2n) is 3.26. The molecule has 0 unspecified atom stereocenters. The van der Waals surface area contributed by atoms with Gasteiger partial charge in [0.25, 0.3) is 0 Å². The summed E-state index contributed by atoms with van der Waals surface area (Å²) in [6.07, 6.45) is 0. The molecule has 1 aromatic rings. The van der Waals surface area contributed by atoms with Crippen molar-refractivity contribution in [2.24, 2.45) is 18.7 Å². The van der Waals surface area contributed by atoms with Crippen LogP contribution in [0.3, 0.4) is 0 Å². The van der Waals surface area contributed by atoms with Gasteiger partial charge in [0.2, 0.25) is 11.6 Å². The molecule has 0 saturated heterocycles. The maximum absolute atomic E-state index is 11.6. The number of hydrogen-bond acceptors (Lipinski definition) is 5. The first-order chi connectivity index (χ1) is 6.04. The van der Waals surface area contributed by atoms with E-state index >= 15 is 0 Å². The van der Waals surface area contributed by atoms with E-state index in [2.05, 4.69) is 15.5 Å². The third-order valence-electron chi connectivity index (χ3n) is 1.86. The van der Waals surface area contributed by atoms with E-state index in [-0.39, 0.29) is 17.5 Å². The molecular weight excluding hydrogens is 170 g/mol. The summed E-state index contributed by atoms with van der Waals surface area (Å²) < 4.78 is 1.32. The Balaban J connectivity index is 2.86. The molecule has 6 heteroatoms. The smallest absolute Gasteiger partial charge is 0.219 e. The molecule has 2 N–H and O–H groups in total. The SMILES string of the molecule is CC(C)[C@H](N)C(=O)c1nnnn1C. The zero-order chi connectivity index (χ0) is 10.0. The van der Waals surface area contributed by atoms with Gasteiger partial charge in [0.1, 0.15) is 0 Å². The van der Waals surface area contributed by atoms with Crippen molar-refractivity contribution in [2.45, 2.75) is 19.9 Å². The summed E-state index contributed by atoms with van der Waals surface area (Å²) in [5, 5.41) is 10.5. The van der Waals surface area contributed by atoms with Crippen LogP contribution in [-0.4, -0.2) is 32.0 Å². The molecule has 0 bridgehead atoms. The normalized spacial score (nSPS) is 13.3. The van der Waals surface area contributed by atoms with Crippen molar-refractivity contribution < 1.29 is 4.79 Å². The Morgan fingerprint density at radius 2 is 2.15 bits per heavy atom. The average molecular weight is 183 g/mol. The number of Topliss-reactive ketones (excluding diaryl/α,β-unsaturated/α-hetero) is 1. The number of nitrogens with zero attached hydrogens (tertiary/aromatic N) is 4. The zero-order valence-electron chi connectivity index (χ0n) is 7.93. The first-order valence-electron chi connectivity index (χ1n) is 4.06. The van der Waals surface area contributed by atoms with Gasteiger partial charge in [-0.05, 0) is 16.3 Å². The van der Waals surface area contributed by atoms with Crippen molar-refractivity contribution >= 4 is 5.78 Å². The van der Waals surface area contributed by atoms with Gasteiger partial charge in [0.05, 0.1) is 6.04 Å². The lowest BCUT2D eigenvalue weighted by atomic mass is 10.0. The van der Waals surface area contributed by atoms with Gasteiger partial charge in [-0.2, -0.15) is 0 Å². The van der Waals surface area contributed by atoms with Crippen LogP contribution in [0.2, 0.25) is 0 Å². The van der Waals surface area contributed by atoms with Gasteiger partial charge in [0, 0.05) is 7.05 Å². The molecule has 0 radical (unpaired) electrons. The van der Waals surface area contributed by atoms with Crippen molar-refractivity contribution in [2.75, 3.05) is 0 Å². The summed E-state index contributed by atoms with van der Waals surface area (Å²) >= 11 is 0. The van der Waals surface area contributed by atoms with Crippen molar-refractivity contribution in [3.63, 3.8) is 0 Å². The van der Waals surface area contributed by atoms with Crippen LogP contribution >= 0.6 is 0 Å². The van der Waals surface area contributed by atoms with Crippen molar-refractivity contribution in [3.8, 4) is 0 Å². The Bertz CT molecular complexity index is 306. The highest BCUT2D eigenvalue weighted by molar-refractivity contribution is 5.96. The minimum atomic E-state index is -0.537. The highest BCUT2D eigenvalue weighted by Crippen LogP contribution is 2.04. The fraction of sp³-hybridized carbons (Fsp3) is 0.714. The van der Waals surface area contributed by atoms with Crippen LogP contribution in [-0.2, 0) is 7.05 Å². The summed E-state index contributed by atoms with van der Waals surface area (Å²) in [6, 6.07) is -0.537. The third kappa shape index (κ3) is 1.89. The molecule has 1 aromatic heterocycles. The molecule has 0 spiro atoms. The molecule has 0 aliphatic heterocycles. The van der Waals surface area contributed by atoms with Crippen LogP contribution in [0.25, 0.3) is 0 Å². The second kappa shape index (κ2) is 3.61. The predicted octanol–water partition coefficient (Wildman–Crippen LogP) is -0.624. The fourth-order valence-corrected chi connectivity index (χ4v) is 0.890. The van der Waals surface area contributed by atoms with Crippen molar-refractivity contribution in [1.29, 1.82) is 0 Å². The van der Waals surface area contributed by atoms with Crippen molar-refractivity contribution in [1.82, 2.24) is 20.2 Å². The Kier molecular flexibility index (Phi) is 2.72. The Morgan fingerprint density at radius 1 is 1.54 bits per heavy atom. The van der Waals surface area contributed by atoms with E-state index in [1.807, 2.05) is 13.8 Å². The molecule has 0 aliphatic carbocycles. The minimum absolute atomic E-state index is 0.0872. The molecule has 0 aromatic carbocycles. The lowest BCUT2D eigenvalue weighted by Gasteiger charge is -2.12. The van der Waals surface area contributed by atoms with E-state index in [9.17, 15) is 4.79 Å². The molecule has 1 heterocycles. The maximum Gasteiger partial charge on any atom is 0.219 e. The Hall–Kier alpha value is -1.30. The van der Waals surface area contributed by atoms with E-state index in [4.69, 9.17) is 5.73 Å². The molecule has 0 amide bonds. The molecule has 72 valence electrons. The van der Waals surface area contributed by atoms with E-state index in [1.54, 1.807) is 7.05 Å². The highest BCUT2D eigenvalue weighted by Gasteiger charge is 2.23. The van der Waals surface area contributed by atoms with Crippen LogP contribution in [0.1, 0.15) is 24.5 Å². The van der Waals surface area contributed by atoms with Gasteiger partial charge in [-0.3, -0.25) is 4.79 Å². The number of nitrogens with two attached hydrogens (primary N) is 1. The Morgan fingerprint density at radius 3 is 2.54 bits per heavy atom. The standard InChI is InChI=1S/C7H13N5O/c1-4(2)5(8)6(13)7-9-10-11-12(7)3/h4-5H,8H2,1-3H3/t5-/m0/s1. The molecule has 1 rings (SSSR count). The molecule has 1 atom stereocenters. The quantitative estimate of drug-likeness (QED) is 0.631. The summed E-state index contributed by atoms with van der Waals surface area (Å²) in [4.78, 5) is 11.6. The molecule has 0 fully saturated rings. The van der Waals surface area contributed by atoms with E-state index in [0.29, 0.717) is 0 Å². The van der Waals surface area contributed by atoms with E-state index in [1.165, 1.54) is 4.68 Å². The van der Waals surface area contributed by atoms with Gasteiger partial charge >= 0.3 is 0 Å². The monoisotopic (exact) mass is 183 g/mol. The number of carbonyl (C=O) groups is 1. The summed E-state index contributed by atoms with van der Waals surface area (Å²) in [5.74, 6) is 0.0768. The number of aromatic nitrogens is 4. The van der Waals surface area contributed by atoms with Crippen LogP contribution < -0.4 is 5.73 Å². The number of carbonyl (C=O) groups excluding carboxylic acids is 1. The average Bonchev–Trinajstić information content (AvgIpc) is 2.48. The van der Waals surface area contributed by atoms with Crippen LogP contribution in [0, 0.1) is 5.92 Å². The molecule has 13 heavy (non-hydrogen) atoms. The third-order valence-corrected chi connectivity index (χ3v) is 1.86. The van der Waals surface area contributed by atoms with Crippen LogP contribution in [0.15, 0.2) is 0 Å². The van der Waals surface area contributed by atoms with Crippen molar-refractivity contribution in [3.05, 3.63) is 5.82 Å². The number of tetrazole rings is 1. The largest absolute Gasteiger partial charge is 0.321 e. The second-order valence-corrected chi connectivity index (χ2v) is 3.26. The summed E-state index contributed by atoms with van der Waals surface area (Å²) in [7, 11) is 1.61. The number of rotatable bonds is 3. The van der Waals surface area contributed by atoms with Gasteiger partial charge in [0.15, 0.2) is 0 Å². The summed E-state index contributed by atoms with van der Waals surface area (Å²) in [6.45, 7) is 3.76. The fourth-order valence-electron chi connectivity index (χ4n) is 0.890. The van der Waals surface area contributed by atoms with Crippen LogP contribution in [0.4, 0.5) is 0 Å². The maximum atomic E-state index is 11.6. The van der Waals surface area contributed by atoms with E-state index < -0.39 is 6.04 Å². The number of ketones is 1. The lowest BCUT2D eigenvalue weighted by molar-refractivity contribution is 0.0925. The van der Waals surface area contributed by atoms with Gasteiger partial charge in [-0.25, -0.2) is 4.68 Å². The lowest BCUT2D eigenvalue weighted by Crippen LogP contribution is -2.37. The molecule has 0 saturated carbocycles. The minimum Gasteiger partial charge on any atom is -0.321 e. The van der Waals surface area contributed by atoms with Crippen LogP contribution in [0.5, 0.6) is 0 Å². The van der Waals surface area contributed by atoms with Gasteiger partial charge in [-0.15, -0.1) is 5.10 Å². The molecule has 6 nitrogen and oxygen atoms in total. The van der Waals surface area contributed by atoms with Gasteiger partial charge < -0.3 is 5.73 Å². The van der Waals surface area contributed by atoms with E-state index in [0.717, 1.165) is 0 Å². The van der Waals surface area contributed by atoms with Gasteiger partial charge in [-0.1, -0.05) is 13.8 Å². The number of hydrogen-bond donors (Lipinski definition) is 1. The molecule has 0 aliphatic rings. The Labute approximate surface area is 76.1 Å². The summed E-state index contributed by atoms with van der Waals surface area (Å²) in [5.41, 5.74) is 5.66. The number of aryl methyl sites for hydroxylation is 1. The first kappa shape index (κ1) is 9.79. The predicted molar refractivity (Wildman–Crippen MR) is 45.9 cm³/mol. The zero-order valence-corrected chi connectivity index (χ0v) is 7.93. The first-order valence-corrected chi connectivity index (χ1v) is 4.06.